The predicted molar refractivity (Wildman–Crippen MR) is 135 cm³/mol. The molecule has 0 saturated heterocycles. The number of hydrogen-bond acceptors (Lipinski definition) is 7. The standard InChI is InChI=1S/C25H26ClN7O/c1-16-22(26)3-2-4-23(16)31-25-28-14-21(19-13-29-33(15-19)9-10-34)24(32-25)30-20-6-5-17-7-8-27-12-18(17)11-20/h2-6,11,13-15,27,34H,7-10,12H2,1H3,(H2,28,30,31,32). The van der Waals surface area contributed by atoms with Crippen LogP contribution < -0.4 is 16.0 Å². The molecule has 0 amide bonds. The highest BCUT2D eigenvalue weighted by molar-refractivity contribution is 6.31. The molecule has 0 spiro atoms. The van der Waals surface area contributed by atoms with Crippen LogP contribution in [0.4, 0.5) is 23.1 Å². The van der Waals surface area contributed by atoms with Crippen LogP contribution in [0, 0.1) is 6.92 Å². The molecule has 0 saturated carbocycles. The molecular formula is C25H26ClN7O. The fraction of sp³-hybridized carbons (Fsp3) is 0.240. The first-order chi connectivity index (χ1) is 16.6. The summed E-state index contributed by atoms with van der Waals surface area (Å²) < 4.78 is 1.70. The van der Waals surface area contributed by atoms with Crippen LogP contribution in [0.5, 0.6) is 0 Å². The van der Waals surface area contributed by atoms with E-state index in [2.05, 4.69) is 44.2 Å². The van der Waals surface area contributed by atoms with Crippen LogP contribution in [0.1, 0.15) is 16.7 Å². The normalized spacial score (nSPS) is 12.9. The lowest BCUT2D eigenvalue weighted by atomic mass is 10.0. The van der Waals surface area contributed by atoms with Gasteiger partial charge in [0, 0.05) is 46.5 Å². The summed E-state index contributed by atoms with van der Waals surface area (Å²) in [4.78, 5) is 9.35. The van der Waals surface area contributed by atoms with Gasteiger partial charge < -0.3 is 21.1 Å². The number of aliphatic hydroxyl groups excluding tert-OH is 1. The Morgan fingerprint density at radius 1 is 1.15 bits per heavy atom. The third kappa shape index (κ3) is 4.75. The highest BCUT2D eigenvalue weighted by Gasteiger charge is 2.15. The minimum atomic E-state index is 0.0216. The molecule has 0 radical (unpaired) electrons. The highest BCUT2D eigenvalue weighted by Crippen LogP contribution is 2.31. The number of anilines is 4. The number of hydrogen-bond donors (Lipinski definition) is 4. The first-order valence-corrected chi connectivity index (χ1v) is 11.6. The maximum absolute atomic E-state index is 9.24. The van der Waals surface area contributed by atoms with Crippen LogP contribution in [-0.4, -0.2) is 38.0 Å². The van der Waals surface area contributed by atoms with Gasteiger partial charge in [-0.1, -0.05) is 23.7 Å². The van der Waals surface area contributed by atoms with Crippen LogP contribution in [0.3, 0.4) is 0 Å². The Hall–Kier alpha value is -3.46. The third-order valence-electron chi connectivity index (χ3n) is 5.93. The summed E-state index contributed by atoms with van der Waals surface area (Å²) in [7, 11) is 0. The van der Waals surface area contributed by atoms with Crippen LogP contribution in [-0.2, 0) is 19.5 Å². The summed E-state index contributed by atoms with van der Waals surface area (Å²) in [5.74, 6) is 1.11. The molecule has 4 aromatic rings. The molecule has 0 fully saturated rings. The van der Waals surface area contributed by atoms with Gasteiger partial charge in [0.1, 0.15) is 5.82 Å². The van der Waals surface area contributed by atoms with Crippen LogP contribution >= 0.6 is 11.6 Å². The number of aromatic nitrogens is 4. The third-order valence-corrected chi connectivity index (χ3v) is 6.34. The molecular weight excluding hydrogens is 450 g/mol. The van der Waals surface area contributed by atoms with E-state index in [4.69, 9.17) is 16.6 Å². The van der Waals surface area contributed by atoms with E-state index in [9.17, 15) is 5.11 Å². The lowest BCUT2D eigenvalue weighted by Gasteiger charge is -2.19. The fourth-order valence-electron chi connectivity index (χ4n) is 4.03. The van der Waals surface area contributed by atoms with Crippen molar-refractivity contribution in [2.24, 2.45) is 0 Å². The minimum absolute atomic E-state index is 0.0216. The first kappa shape index (κ1) is 22.3. The average molecular weight is 476 g/mol. The Labute approximate surface area is 203 Å². The molecule has 1 aliphatic rings. The second kappa shape index (κ2) is 9.80. The Kier molecular flexibility index (Phi) is 6.44. The Bertz CT molecular complexity index is 1320. The van der Waals surface area contributed by atoms with Crippen molar-refractivity contribution in [1.82, 2.24) is 25.1 Å². The van der Waals surface area contributed by atoms with Crippen molar-refractivity contribution in [2.45, 2.75) is 26.4 Å². The van der Waals surface area contributed by atoms with E-state index in [-0.39, 0.29) is 6.61 Å². The van der Waals surface area contributed by atoms with Gasteiger partial charge in [0.25, 0.3) is 0 Å². The number of rotatable bonds is 7. The molecule has 4 N–H and O–H groups in total. The zero-order valence-corrected chi connectivity index (χ0v) is 19.6. The number of aliphatic hydroxyl groups is 1. The van der Waals surface area contributed by atoms with Gasteiger partial charge in [0.05, 0.1) is 19.3 Å². The van der Waals surface area contributed by atoms with Gasteiger partial charge >= 0.3 is 0 Å². The van der Waals surface area contributed by atoms with E-state index >= 15 is 0 Å². The quantitative estimate of drug-likeness (QED) is 0.314. The molecule has 0 unspecified atom stereocenters. The van der Waals surface area contributed by atoms with Crippen molar-refractivity contribution < 1.29 is 5.11 Å². The van der Waals surface area contributed by atoms with Gasteiger partial charge in [0.2, 0.25) is 5.95 Å². The van der Waals surface area contributed by atoms with Crippen molar-refractivity contribution in [3.63, 3.8) is 0 Å². The summed E-state index contributed by atoms with van der Waals surface area (Å²) in [5.41, 5.74) is 7.07. The molecule has 5 rings (SSSR count). The van der Waals surface area contributed by atoms with Gasteiger partial charge in [-0.25, -0.2) is 4.98 Å². The Balaban J connectivity index is 1.51. The summed E-state index contributed by atoms with van der Waals surface area (Å²) in [6.07, 6.45) is 6.44. The van der Waals surface area contributed by atoms with Gasteiger partial charge in [-0.15, -0.1) is 0 Å². The molecule has 34 heavy (non-hydrogen) atoms. The van der Waals surface area contributed by atoms with Gasteiger partial charge in [0.15, 0.2) is 0 Å². The van der Waals surface area contributed by atoms with E-state index in [1.807, 2.05) is 31.3 Å². The Morgan fingerprint density at radius 3 is 2.94 bits per heavy atom. The highest BCUT2D eigenvalue weighted by atomic mass is 35.5. The number of fused-ring (bicyclic) bond motifs is 1. The molecule has 2 aromatic carbocycles. The molecule has 3 heterocycles. The van der Waals surface area contributed by atoms with Gasteiger partial charge in [-0.2, -0.15) is 10.1 Å². The maximum Gasteiger partial charge on any atom is 0.229 e. The zero-order valence-electron chi connectivity index (χ0n) is 18.8. The van der Waals surface area contributed by atoms with E-state index in [0.717, 1.165) is 47.6 Å². The molecule has 2 aromatic heterocycles. The predicted octanol–water partition coefficient (Wildman–Crippen LogP) is 4.43. The van der Waals surface area contributed by atoms with E-state index in [1.165, 1.54) is 11.1 Å². The lowest BCUT2D eigenvalue weighted by Crippen LogP contribution is -2.23. The van der Waals surface area contributed by atoms with E-state index < -0.39 is 0 Å². The molecule has 0 aliphatic carbocycles. The Morgan fingerprint density at radius 2 is 2.06 bits per heavy atom. The summed E-state index contributed by atoms with van der Waals surface area (Å²) in [6, 6.07) is 12.1. The second-order valence-corrected chi connectivity index (χ2v) is 8.65. The second-order valence-electron chi connectivity index (χ2n) is 8.24. The molecule has 0 bridgehead atoms. The molecule has 1 aliphatic heterocycles. The maximum atomic E-state index is 9.24. The molecule has 0 atom stereocenters. The van der Waals surface area contributed by atoms with Gasteiger partial charge in [-0.05, 0) is 60.8 Å². The number of nitrogens with zero attached hydrogens (tertiary/aromatic N) is 4. The summed E-state index contributed by atoms with van der Waals surface area (Å²) in [6.45, 7) is 4.26. The zero-order chi connectivity index (χ0) is 23.5. The fourth-order valence-corrected chi connectivity index (χ4v) is 4.21. The van der Waals surface area contributed by atoms with Crippen molar-refractivity contribution in [2.75, 3.05) is 23.8 Å². The average Bonchev–Trinajstić information content (AvgIpc) is 3.31. The van der Waals surface area contributed by atoms with Gasteiger partial charge in [-0.3, -0.25) is 4.68 Å². The van der Waals surface area contributed by atoms with Crippen molar-refractivity contribution >= 4 is 34.7 Å². The molecule has 9 heteroatoms. The first-order valence-electron chi connectivity index (χ1n) is 11.2. The smallest absolute Gasteiger partial charge is 0.229 e. The van der Waals surface area contributed by atoms with Crippen LogP contribution in [0.15, 0.2) is 55.0 Å². The molecule has 174 valence electrons. The summed E-state index contributed by atoms with van der Waals surface area (Å²) >= 11 is 6.28. The SMILES string of the molecule is Cc1c(Cl)cccc1Nc1ncc(-c2cnn(CCO)c2)c(Nc2ccc3c(c2)CNCC3)n1. The topological polar surface area (TPSA) is 99.9 Å². The number of benzene rings is 2. The van der Waals surface area contributed by atoms with Crippen LogP contribution in [0.25, 0.3) is 11.1 Å². The monoisotopic (exact) mass is 475 g/mol. The number of halogens is 1. The minimum Gasteiger partial charge on any atom is -0.394 e. The van der Waals surface area contributed by atoms with Crippen molar-refractivity contribution in [3.05, 3.63) is 76.7 Å². The molecule has 8 nitrogen and oxygen atoms in total. The van der Waals surface area contributed by atoms with E-state index in [0.29, 0.717) is 23.3 Å². The largest absolute Gasteiger partial charge is 0.394 e. The lowest BCUT2D eigenvalue weighted by molar-refractivity contribution is 0.269. The van der Waals surface area contributed by atoms with Crippen LogP contribution in [0.2, 0.25) is 5.02 Å². The van der Waals surface area contributed by atoms with E-state index in [1.54, 1.807) is 17.1 Å². The van der Waals surface area contributed by atoms with Crippen molar-refractivity contribution in [1.29, 1.82) is 0 Å². The van der Waals surface area contributed by atoms with Crippen molar-refractivity contribution in [3.8, 4) is 11.1 Å². The summed E-state index contributed by atoms with van der Waals surface area (Å²) in [5, 5.41) is 24.4. The number of nitrogens with one attached hydrogen (secondary N) is 3.